The molecule has 1 aromatic carbocycles. The average Bonchev–Trinajstić information content (AvgIpc) is 2.90. The van der Waals surface area contributed by atoms with Crippen molar-refractivity contribution in [3.63, 3.8) is 0 Å². The van der Waals surface area contributed by atoms with Gasteiger partial charge in [-0.3, -0.25) is 0 Å². The Balaban J connectivity index is 0.00000264. The molecule has 2 rings (SSSR count). The molecule has 0 spiro atoms. The van der Waals surface area contributed by atoms with Crippen molar-refractivity contribution in [2.24, 2.45) is 0 Å². The van der Waals surface area contributed by atoms with Crippen LogP contribution in [0, 0.1) is 0 Å². The highest BCUT2D eigenvalue weighted by atomic mass is 35.5. The Labute approximate surface area is 140 Å². The molecule has 23 heavy (non-hydrogen) atoms. The Morgan fingerprint density at radius 3 is 2.57 bits per heavy atom. The van der Waals surface area contributed by atoms with Crippen molar-refractivity contribution in [1.82, 2.24) is 10.0 Å². The second-order valence-electron chi connectivity index (χ2n) is 5.39. The first kappa shape index (κ1) is 20.2. The largest absolute Gasteiger partial charge is 0.416 e. The number of alkyl halides is 3. The summed E-state index contributed by atoms with van der Waals surface area (Å²) in [6, 6.07) is 5.03. The van der Waals surface area contributed by atoms with E-state index in [2.05, 4.69) is 10.0 Å². The van der Waals surface area contributed by atoms with Gasteiger partial charge in [0.05, 0.1) is 11.3 Å². The van der Waals surface area contributed by atoms with Crippen LogP contribution in [0.25, 0.3) is 0 Å². The van der Waals surface area contributed by atoms with E-state index in [0.29, 0.717) is 6.42 Å². The Hall–Kier alpha value is -0.830. The number of benzene rings is 1. The van der Waals surface area contributed by atoms with E-state index < -0.39 is 27.5 Å². The zero-order chi connectivity index (χ0) is 16.2. The van der Waals surface area contributed by atoms with Crippen LogP contribution < -0.4 is 10.0 Å². The fraction of sp³-hybridized carbons (Fsp3) is 0.571. The quantitative estimate of drug-likeness (QED) is 0.807. The molecular weight excluding hydrogens is 353 g/mol. The summed E-state index contributed by atoms with van der Waals surface area (Å²) in [6.07, 6.45) is -1.85. The molecule has 1 saturated heterocycles. The van der Waals surface area contributed by atoms with Crippen LogP contribution in [-0.4, -0.2) is 27.5 Å². The predicted octanol–water partition coefficient (Wildman–Crippen LogP) is 2.69. The van der Waals surface area contributed by atoms with Crippen LogP contribution in [0.5, 0.6) is 0 Å². The van der Waals surface area contributed by atoms with Crippen LogP contribution in [0.15, 0.2) is 24.3 Å². The first-order valence-electron chi connectivity index (χ1n) is 7.14. The lowest BCUT2D eigenvalue weighted by atomic mass is 10.1. The van der Waals surface area contributed by atoms with Crippen LogP contribution in [0.1, 0.15) is 30.4 Å². The zero-order valence-electron chi connectivity index (χ0n) is 12.4. The molecule has 1 atom stereocenters. The summed E-state index contributed by atoms with van der Waals surface area (Å²) in [5, 5.41) is 3.24. The summed E-state index contributed by atoms with van der Waals surface area (Å²) in [5.41, 5.74) is -1.14. The molecule has 132 valence electrons. The molecule has 0 aromatic heterocycles. The summed E-state index contributed by atoms with van der Waals surface area (Å²) in [6.45, 7) is 1.16. The number of halogens is 4. The molecule has 2 N–H and O–H groups in total. The van der Waals surface area contributed by atoms with E-state index in [0.717, 1.165) is 25.5 Å². The van der Waals surface area contributed by atoms with Gasteiger partial charge < -0.3 is 5.32 Å². The van der Waals surface area contributed by atoms with Gasteiger partial charge in [0.15, 0.2) is 0 Å². The van der Waals surface area contributed by atoms with Crippen molar-refractivity contribution < 1.29 is 21.6 Å². The fourth-order valence-corrected chi connectivity index (χ4v) is 3.76. The van der Waals surface area contributed by atoms with Gasteiger partial charge >= 0.3 is 6.18 Å². The second kappa shape index (κ2) is 8.32. The summed E-state index contributed by atoms with van der Waals surface area (Å²) in [4.78, 5) is 0. The Morgan fingerprint density at radius 1 is 1.26 bits per heavy atom. The lowest BCUT2D eigenvalue weighted by Crippen LogP contribution is -2.31. The molecule has 0 aliphatic carbocycles. The first-order chi connectivity index (χ1) is 10.3. The van der Waals surface area contributed by atoms with E-state index in [1.54, 1.807) is 0 Å². The highest BCUT2D eigenvalue weighted by Gasteiger charge is 2.33. The van der Waals surface area contributed by atoms with Crippen LogP contribution in [0.4, 0.5) is 13.2 Å². The minimum atomic E-state index is -4.56. The first-order valence-corrected chi connectivity index (χ1v) is 8.79. The fourth-order valence-electron chi connectivity index (χ4n) is 2.57. The second-order valence-corrected chi connectivity index (χ2v) is 7.20. The number of hydrogen-bond acceptors (Lipinski definition) is 3. The molecule has 1 fully saturated rings. The summed E-state index contributed by atoms with van der Waals surface area (Å²) < 4.78 is 64.9. The third-order valence-corrected chi connectivity index (χ3v) is 4.98. The highest BCUT2D eigenvalue weighted by Crippen LogP contribution is 2.32. The lowest BCUT2D eigenvalue weighted by Gasteiger charge is -2.14. The molecule has 9 heteroatoms. The molecule has 4 nitrogen and oxygen atoms in total. The summed E-state index contributed by atoms with van der Waals surface area (Å²) in [7, 11) is -3.79. The Bertz CT molecular complexity index is 602. The highest BCUT2D eigenvalue weighted by molar-refractivity contribution is 7.88. The predicted molar refractivity (Wildman–Crippen MR) is 85.0 cm³/mol. The number of nitrogens with one attached hydrogen (secondary N) is 2. The number of rotatable bonds is 6. The van der Waals surface area contributed by atoms with Gasteiger partial charge in [-0.1, -0.05) is 18.2 Å². The van der Waals surface area contributed by atoms with Crippen molar-refractivity contribution in [2.45, 2.75) is 37.2 Å². The minimum absolute atomic E-state index is 0. The smallest absolute Gasteiger partial charge is 0.314 e. The third kappa shape index (κ3) is 6.29. The van der Waals surface area contributed by atoms with Gasteiger partial charge in [0.1, 0.15) is 0 Å². The third-order valence-electron chi connectivity index (χ3n) is 3.65. The zero-order valence-corrected chi connectivity index (χ0v) is 14.0. The van der Waals surface area contributed by atoms with E-state index >= 15 is 0 Å². The number of sulfonamides is 1. The van der Waals surface area contributed by atoms with Crippen LogP contribution in [0.3, 0.4) is 0 Å². The normalized spacial score (nSPS) is 18.7. The molecule has 0 amide bonds. The van der Waals surface area contributed by atoms with Crippen molar-refractivity contribution in [2.75, 3.05) is 13.1 Å². The maximum atomic E-state index is 12.9. The molecule has 1 aliphatic heterocycles. The molecule has 0 unspecified atom stereocenters. The van der Waals surface area contributed by atoms with E-state index in [-0.39, 0.29) is 30.6 Å². The number of hydrogen-bond donors (Lipinski definition) is 2. The van der Waals surface area contributed by atoms with E-state index in [1.165, 1.54) is 18.2 Å². The molecule has 1 aromatic rings. The lowest BCUT2D eigenvalue weighted by molar-refractivity contribution is -0.138. The van der Waals surface area contributed by atoms with Gasteiger partial charge in [-0.05, 0) is 37.4 Å². The summed E-state index contributed by atoms with van der Waals surface area (Å²) >= 11 is 0. The van der Waals surface area contributed by atoms with E-state index in [4.69, 9.17) is 0 Å². The molecule has 1 aliphatic rings. The Morgan fingerprint density at radius 2 is 1.96 bits per heavy atom. The van der Waals surface area contributed by atoms with E-state index in [9.17, 15) is 21.6 Å². The van der Waals surface area contributed by atoms with Crippen LogP contribution in [0.2, 0.25) is 0 Å². The van der Waals surface area contributed by atoms with Crippen LogP contribution in [-0.2, 0) is 22.0 Å². The average molecular weight is 373 g/mol. The van der Waals surface area contributed by atoms with Gasteiger partial charge in [-0.25, -0.2) is 13.1 Å². The van der Waals surface area contributed by atoms with E-state index in [1.807, 2.05) is 0 Å². The van der Waals surface area contributed by atoms with Crippen molar-refractivity contribution >= 4 is 22.4 Å². The molecule has 0 radical (unpaired) electrons. The van der Waals surface area contributed by atoms with Gasteiger partial charge in [0, 0.05) is 12.6 Å². The SMILES string of the molecule is Cl.O=S(=O)(Cc1ccccc1C(F)(F)F)NCC[C@H]1CCCN1. The van der Waals surface area contributed by atoms with Gasteiger partial charge in [-0.15, -0.1) is 12.4 Å². The molecular formula is C14H20ClF3N2O2S. The maximum absolute atomic E-state index is 12.9. The molecule has 0 bridgehead atoms. The van der Waals surface area contributed by atoms with Gasteiger partial charge in [0.25, 0.3) is 0 Å². The van der Waals surface area contributed by atoms with Crippen molar-refractivity contribution in [3.8, 4) is 0 Å². The minimum Gasteiger partial charge on any atom is -0.314 e. The Kier molecular flexibility index (Phi) is 7.31. The summed E-state index contributed by atoms with van der Waals surface area (Å²) in [5.74, 6) is -0.666. The molecule has 0 saturated carbocycles. The van der Waals surface area contributed by atoms with Gasteiger partial charge in [-0.2, -0.15) is 13.2 Å². The standard InChI is InChI=1S/C14H19F3N2O2S.ClH/c15-14(16,17)13-6-2-1-4-11(13)10-22(20,21)19-9-7-12-5-3-8-18-12;/h1-2,4,6,12,18-19H,3,5,7-10H2;1H/t12-;/m1./s1. The monoisotopic (exact) mass is 372 g/mol. The maximum Gasteiger partial charge on any atom is 0.416 e. The van der Waals surface area contributed by atoms with Gasteiger partial charge in [0.2, 0.25) is 10.0 Å². The topological polar surface area (TPSA) is 58.2 Å². The van der Waals surface area contributed by atoms with Crippen molar-refractivity contribution in [3.05, 3.63) is 35.4 Å². The van der Waals surface area contributed by atoms with Crippen LogP contribution >= 0.6 is 12.4 Å². The molecule has 1 heterocycles. The van der Waals surface area contributed by atoms with Crippen molar-refractivity contribution in [1.29, 1.82) is 0 Å².